The molecule has 0 atom stereocenters. The quantitative estimate of drug-likeness (QED) is 0.116. The van der Waals surface area contributed by atoms with Crippen LogP contribution < -0.4 is 0 Å². The van der Waals surface area contributed by atoms with Gasteiger partial charge in [-0.25, -0.2) is 14.4 Å². The molecule has 6 heteroatoms. The normalized spacial score (nSPS) is 12.3. The van der Waals surface area contributed by atoms with Gasteiger partial charge in [-0.1, -0.05) is 117 Å². The SMILES string of the molecule is O=C=NC(CCCCCCCC(c1ccccc1)(c1ccccc1)c1ccccc1)(N=C=O)N=C=O. The van der Waals surface area contributed by atoms with Crippen molar-refractivity contribution in [2.45, 2.75) is 56.1 Å². The summed E-state index contributed by atoms with van der Waals surface area (Å²) >= 11 is 0. The highest BCUT2D eigenvalue weighted by Gasteiger charge is 2.35. The first kappa shape index (κ1) is 26.4. The summed E-state index contributed by atoms with van der Waals surface area (Å²) in [6, 6.07) is 31.9. The molecule has 0 aliphatic carbocycles. The Kier molecular flexibility index (Phi) is 10.00. The summed E-state index contributed by atoms with van der Waals surface area (Å²) in [4.78, 5) is 42.5. The van der Waals surface area contributed by atoms with Crippen molar-refractivity contribution < 1.29 is 14.4 Å². The number of benzene rings is 3. The summed E-state index contributed by atoms with van der Waals surface area (Å²) in [5.74, 6) is -1.78. The molecule has 6 nitrogen and oxygen atoms in total. The summed E-state index contributed by atoms with van der Waals surface area (Å²) in [5.41, 5.74) is 3.52. The van der Waals surface area contributed by atoms with Crippen LogP contribution >= 0.6 is 0 Å². The molecule has 3 aromatic rings. The van der Waals surface area contributed by atoms with E-state index in [2.05, 4.69) is 87.8 Å². The molecule has 0 amide bonds. The lowest BCUT2D eigenvalue weighted by Crippen LogP contribution is -2.29. The van der Waals surface area contributed by atoms with Crippen LogP contribution in [0.5, 0.6) is 0 Å². The molecule has 3 aromatic carbocycles. The molecule has 0 bridgehead atoms. The second-order valence-electron chi connectivity index (χ2n) is 8.65. The van der Waals surface area contributed by atoms with Crippen LogP contribution in [-0.4, -0.2) is 24.0 Å². The zero-order valence-electron chi connectivity index (χ0n) is 20.2. The Balaban J connectivity index is 1.73. The first-order valence-electron chi connectivity index (χ1n) is 12.1. The minimum atomic E-state index is -1.78. The van der Waals surface area contributed by atoms with Crippen molar-refractivity contribution in [2.24, 2.45) is 15.0 Å². The summed E-state index contributed by atoms with van der Waals surface area (Å²) in [7, 11) is 0. The van der Waals surface area contributed by atoms with Gasteiger partial charge in [0.05, 0.1) is 0 Å². The van der Waals surface area contributed by atoms with Gasteiger partial charge in [-0.3, -0.25) is 0 Å². The van der Waals surface area contributed by atoms with E-state index in [1.807, 2.05) is 18.2 Å². The van der Waals surface area contributed by atoms with E-state index in [0.29, 0.717) is 6.42 Å². The Morgan fingerprint density at radius 3 is 1.17 bits per heavy atom. The number of rotatable bonds is 14. The first-order valence-corrected chi connectivity index (χ1v) is 12.1. The predicted molar refractivity (Wildman–Crippen MR) is 139 cm³/mol. The Morgan fingerprint density at radius 1 is 0.472 bits per heavy atom. The van der Waals surface area contributed by atoms with Crippen LogP contribution in [0.2, 0.25) is 0 Å². The average Bonchev–Trinajstić information content (AvgIpc) is 2.92. The Hall–Kier alpha value is -4.20. The zero-order valence-corrected chi connectivity index (χ0v) is 20.2. The topological polar surface area (TPSA) is 88.3 Å². The largest absolute Gasteiger partial charge is 0.277 e. The van der Waals surface area contributed by atoms with Crippen LogP contribution in [-0.2, 0) is 19.8 Å². The number of isocyanates is 3. The number of aliphatic imine (C=N–C) groups is 3. The van der Waals surface area contributed by atoms with Crippen LogP contribution in [0, 0.1) is 0 Å². The predicted octanol–water partition coefficient (Wildman–Crippen LogP) is 6.41. The molecular weight excluding hydrogens is 450 g/mol. The van der Waals surface area contributed by atoms with E-state index < -0.39 is 5.79 Å². The molecule has 0 spiro atoms. The van der Waals surface area contributed by atoms with Gasteiger partial charge < -0.3 is 0 Å². The van der Waals surface area contributed by atoms with Gasteiger partial charge in [-0.2, -0.15) is 15.0 Å². The maximum Gasteiger partial charge on any atom is 0.277 e. The Labute approximate surface area is 211 Å². The molecular formula is C30H29N3O3. The molecule has 0 aliphatic rings. The highest BCUT2D eigenvalue weighted by molar-refractivity contribution is 5.50. The van der Waals surface area contributed by atoms with Gasteiger partial charge >= 0.3 is 0 Å². The lowest BCUT2D eigenvalue weighted by molar-refractivity contribution is 0.396. The summed E-state index contributed by atoms with van der Waals surface area (Å²) in [6.45, 7) is 0. The van der Waals surface area contributed by atoms with Crippen LogP contribution in [0.1, 0.15) is 61.6 Å². The van der Waals surface area contributed by atoms with Crippen LogP contribution in [0.4, 0.5) is 0 Å². The highest BCUT2D eigenvalue weighted by atomic mass is 16.1. The average molecular weight is 480 g/mol. The molecule has 0 aliphatic heterocycles. The summed E-state index contributed by atoms with van der Waals surface area (Å²) in [6.07, 6.45) is 9.41. The fourth-order valence-corrected chi connectivity index (χ4v) is 4.85. The van der Waals surface area contributed by atoms with Crippen molar-refractivity contribution in [3.05, 3.63) is 108 Å². The summed E-state index contributed by atoms with van der Waals surface area (Å²) < 4.78 is 0. The molecule has 0 unspecified atom stereocenters. The smallest absolute Gasteiger partial charge is 0.211 e. The third-order valence-electron chi connectivity index (χ3n) is 6.54. The van der Waals surface area contributed by atoms with Gasteiger partial charge in [0.1, 0.15) is 0 Å². The number of unbranched alkanes of at least 4 members (excludes halogenated alkanes) is 4. The third kappa shape index (κ3) is 6.47. The fraction of sp³-hybridized carbons (Fsp3) is 0.300. The second-order valence-corrected chi connectivity index (χ2v) is 8.65. The highest BCUT2D eigenvalue weighted by Crippen LogP contribution is 2.43. The second kappa shape index (κ2) is 13.6. The molecule has 0 heterocycles. The van der Waals surface area contributed by atoms with E-state index in [-0.39, 0.29) is 11.8 Å². The zero-order chi connectivity index (χ0) is 25.5. The van der Waals surface area contributed by atoms with Crippen LogP contribution in [0.25, 0.3) is 0 Å². The summed E-state index contributed by atoms with van der Waals surface area (Å²) in [5, 5.41) is 0. The molecule has 0 N–H and O–H groups in total. The Bertz CT molecular complexity index is 1080. The number of hydrogen-bond acceptors (Lipinski definition) is 6. The fourth-order valence-electron chi connectivity index (χ4n) is 4.85. The van der Waals surface area contributed by atoms with Gasteiger partial charge in [0.2, 0.25) is 18.2 Å². The molecule has 36 heavy (non-hydrogen) atoms. The van der Waals surface area contributed by atoms with Gasteiger partial charge in [0, 0.05) is 11.8 Å². The van der Waals surface area contributed by atoms with Gasteiger partial charge in [-0.15, -0.1) is 0 Å². The number of nitrogens with zero attached hydrogens (tertiary/aromatic N) is 3. The van der Waals surface area contributed by atoms with Crippen molar-refractivity contribution >= 4 is 18.2 Å². The minimum absolute atomic E-state index is 0.148. The van der Waals surface area contributed by atoms with E-state index in [0.717, 1.165) is 32.1 Å². The molecule has 0 aromatic heterocycles. The monoisotopic (exact) mass is 479 g/mol. The van der Waals surface area contributed by atoms with Crippen molar-refractivity contribution in [3.8, 4) is 0 Å². The maximum atomic E-state index is 10.7. The molecule has 182 valence electrons. The molecule has 0 radical (unpaired) electrons. The lowest BCUT2D eigenvalue weighted by atomic mass is 9.66. The van der Waals surface area contributed by atoms with Gasteiger partial charge in [-0.05, 0) is 29.5 Å². The maximum absolute atomic E-state index is 10.7. The molecule has 3 rings (SSSR count). The van der Waals surface area contributed by atoms with Gasteiger partial charge in [0.15, 0.2) is 0 Å². The minimum Gasteiger partial charge on any atom is -0.211 e. The van der Waals surface area contributed by atoms with Crippen molar-refractivity contribution in [2.75, 3.05) is 0 Å². The Morgan fingerprint density at radius 2 is 0.806 bits per heavy atom. The third-order valence-corrected chi connectivity index (χ3v) is 6.54. The van der Waals surface area contributed by atoms with Crippen LogP contribution in [0.15, 0.2) is 106 Å². The van der Waals surface area contributed by atoms with Crippen molar-refractivity contribution in [1.29, 1.82) is 0 Å². The van der Waals surface area contributed by atoms with E-state index in [4.69, 9.17) is 0 Å². The number of carbonyl (C=O) groups excluding carboxylic acids is 3. The lowest BCUT2D eigenvalue weighted by Gasteiger charge is -2.36. The molecule has 0 saturated carbocycles. The first-order chi connectivity index (χ1) is 17.7. The van der Waals surface area contributed by atoms with E-state index in [1.54, 1.807) is 0 Å². The molecule has 0 fully saturated rings. The standard InChI is InChI=1S/C30H29N3O3/c34-23-31-30(32-24-35,33-25-36)22-14-3-1-2-13-21-29(26-15-7-4-8-16-26,27-17-9-5-10-18-27)28-19-11-6-12-20-28/h4-12,15-20H,1-3,13-14,21-22H2. The van der Waals surface area contributed by atoms with E-state index >= 15 is 0 Å². The van der Waals surface area contributed by atoms with E-state index in [1.165, 1.54) is 34.9 Å². The number of hydrogen-bond donors (Lipinski definition) is 0. The molecule has 0 saturated heterocycles. The van der Waals surface area contributed by atoms with E-state index in [9.17, 15) is 14.4 Å². The van der Waals surface area contributed by atoms with Gasteiger partial charge in [0.25, 0.3) is 5.79 Å². The van der Waals surface area contributed by atoms with Crippen molar-refractivity contribution in [3.63, 3.8) is 0 Å². The van der Waals surface area contributed by atoms with Crippen LogP contribution in [0.3, 0.4) is 0 Å². The van der Waals surface area contributed by atoms with Crippen molar-refractivity contribution in [1.82, 2.24) is 0 Å².